The number of carbonyl (C=O) groups is 1. The van der Waals surface area contributed by atoms with E-state index in [1.165, 1.54) is 12.8 Å². The summed E-state index contributed by atoms with van der Waals surface area (Å²) in [5.41, 5.74) is 0.577. The second-order valence-electron chi connectivity index (χ2n) is 3.67. The highest BCUT2D eigenvalue weighted by Gasteiger charge is 2.25. The van der Waals surface area contributed by atoms with Crippen molar-refractivity contribution in [2.24, 2.45) is 5.92 Å². The van der Waals surface area contributed by atoms with Crippen LogP contribution in [-0.2, 0) is 11.3 Å². The summed E-state index contributed by atoms with van der Waals surface area (Å²) in [5, 5.41) is 0. The van der Waals surface area contributed by atoms with Gasteiger partial charge in [0.25, 0.3) is 0 Å². The number of ether oxygens (including phenoxy) is 1. The summed E-state index contributed by atoms with van der Waals surface area (Å²) in [6.45, 7) is 4.26. The Labute approximate surface area is 96.9 Å². The molecule has 0 unspecified atom stereocenters. The molecule has 0 radical (unpaired) electrons. The van der Waals surface area contributed by atoms with Gasteiger partial charge in [0.1, 0.15) is 5.69 Å². The zero-order chi connectivity index (χ0) is 10.8. The molecule has 1 aliphatic carbocycles. The van der Waals surface area contributed by atoms with E-state index in [4.69, 9.17) is 4.74 Å². The average Bonchev–Trinajstić information content (AvgIpc) is 2.93. The molecule has 1 aromatic rings. The monoisotopic (exact) mass is 269 g/mol. The van der Waals surface area contributed by atoms with Gasteiger partial charge in [0.2, 0.25) is 0 Å². The van der Waals surface area contributed by atoms with E-state index in [0.29, 0.717) is 11.6 Å². The molecule has 1 heterocycles. The van der Waals surface area contributed by atoms with Gasteiger partial charge in [0, 0.05) is 6.54 Å². The van der Waals surface area contributed by atoms with Crippen LogP contribution in [0.25, 0.3) is 0 Å². The summed E-state index contributed by atoms with van der Waals surface area (Å²) in [6.07, 6.45) is 3.66. The minimum Gasteiger partial charge on any atom is -0.430 e. The first-order chi connectivity index (χ1) is 7.22. The van der Waals surface area contributed by atoms with Crippen LogP contribution in [0.1, 0.15) is 23.3 Å². The Balaban J connectivity index is 2.21. The van der Waals surface area contributed by atoms with Crippen molar-refractivity contribution in [2.75, 3.05) is 0 Å². The van der Waals surface area contributed by atoms with E-state index in [1.54, 1.807) is 6.07 Å². The summed E-state index contributed by atoms with van der Waals surface area (Å²) < 4.78 is 7.64. The fourth-order valence-corrected chi connectivity index (χ4v) is 1.97. The molecule has 0 N–H and O–H groups in total. The summed E-state index contributed by atoms with van der Waals surface area (Å²) in [7, 11) is 0. The van der Waals surface area contributed by atoms with Gasteiger partial charge < -0.3 is 9.30 Å². The Bertz CT molecular complexity index is 393. The van der Waals surface area contributed by atoms with Crippen molar-refractivity contribution >= 4 is 21.9 Å². The van der Waals surface area contributed by atoms with Crippen molar-refractivity contribution in [3.8, 4) is 0 Å². The molecule has 1 fully saturated rings. The highest BCUT2D eigenvalue weighted by Crippen LogP contribution is 2.32. The maximum atomic E-state index is 11.5. The first kappa shape index (κ1) is 10.5. The standard InChI is InChI=1S/C11H12BrNO2/c1-2-15-11(14)9-5-6-10(12)13(9)7-8-3-4-8/h2,5-6,8H,1,3-4,7H2. The van der Waals surface area contributed by atoms with Gasteiger partial charge in [-0.25, -0.2) is 4.79 Å². The van der Waals surface area contributed by atoms with Crippen LogP contribution in [0.15, 0.2) is 29.6 Å². The van der Waals surface area contributed by atoms with Crippen LogP contribution in [0.5, 0.6) is 0 Å². The lowest BCUT2D eigenvalue weighted by atomic mass is 10.4. The molecule has 1 saturated carbocycles. The van der Waals surface area contributed by atoms with Gasteiger partial charge in [-0.1, -0.05) is 6.58 Å². The molecule has 0 amide bonds. The number of halogens is 1. The molecule has 15 heavy (non-hydrogen) atoms. The van der Waals surface area contributed by atoms with E-state index >= 15 is 0 Å². The van der Waals surface area contributed by atoms with Gasteiger partial charge in [-0.3, -0.25) is 0 Å². The van der Waals surface area contributed by atoms with Crippen LogP contribution in [0.2, 0.25) is 0 Å². The maximum Gasteiger partial charge on any atom is 0.359 e. The first-order valence-corrected chi connectivity index (χ1v) is 5.68. The largest absolute Gasteiger partial charge is 0.430 e. The molecular formula is C11H12BrNO2. The van der Waals surface area contributed by atoms with E-state index in [2.05, 4.69) is 22.5 Å². The predicted octanol–water partition coefficient (Wildman–Crippen LogP) is 2.96. The second-order valence-corrected chi connectivity index (χ2v) is 4.48. The fourth-order valence-electron chi connectivity index (χ4n) is 1.50. The molecule has 0 bridgehead atoms. The van der Waals surface area contributed by atoms with Gasteiger partial charge >= 0.3 is 5.97 Å². The van der Waals surface area contributed by atoms with Gasteiger partial charge in [-0.05, 0) is 46.8 Å². The van der Waals surface area contributed by atoms with Crippen molar-refractivity contribution in [3.63, 3.8) is 0 Å². The minimum absolute atomic E-state index is 0.351. The number of aromatic nitrogens is 1. The molecule has 1 aromatic heterocycles. The lowest BCUT2D eigenvalue weighted by Crippen LogP contribution is -2.11. The Hall–Kier alpha value is -1.03. The van der Waals surface area contributed by atoms with Crippen LogP contribution < -0.4 is 0 Å². The van der Waals surface area contributed by atoms with Crippen molar-refractivity contribution in [1.82, 2.24) is 4.57 Å². The number of esters is 1. The lowest BCUT2D eigenvalue weighted by molar-refractivity contribution is 0.0651. The van der Waals surface area contributed by atoms with Crippen LogP contribution in [0, 0.1) is 5.92 Å². The van der Waals surface area contributed by atoms with Crippen LogP contribution in [0.4, 0.5) is 0 Å². The molecule has 0 atom stereocenters. The Morgan fingerprint density at radius 1 is 1.67 bits per heavy atom. The topological polar surface area (TPSA) is 31.2 Å². The predicted molar refractivity (Wildman–Crippen MR) is 60.5 cm³/mol. The molecule has 80 valence electrons. The Kier molecular flexibility index (Phi) is 2.95. The van der Waals surface area contributed by atoms with Crippen molar-refractivity contribution < 1.29 is 9.53 Å². The first-order valence-electron chi connectivity index (χ1n) is 4.89. The number of rotatable bonds is 4. The highest BCUT2D eigenvalue weighted by atomic mass is 79.9. The van der Waals surface area contributed by atoms with Crippen molar-refractivity contribution in [2.45, 2.75) is 19.4 Å². The van der Waals surface area contributed by atoms with E-state index < -0.39 is 0 Å². The molecular weight excluding hydrogens is 258 g/mol. The number of hydrogen-bond donors (Lipinski definition) is 0. The molecule has 0 aromatic carbocycles. The van der Waals surface area contributed by atoms with Gasteiger partial charge in [0.15, 0.2) is 0 Å². The quantitative estimate of drug-likeness (QED) is 0.622. The number of nitrogens with zero attached hydrogens (tertiary/aromatic N) is 1. The van der Waals surface area contributed by atoms with Crippen LogP contribution >= 0.6 is 15.9 Å². The van der Waals surface area contributed by atoms with Crippen LogP contribution in [-0.4, -0.2) is 10.5 Å². The minimum atomic E-state index is -0.351. The number of hydrogen-bond acceptors (Lipinski definition) is 2. The molecule has 0 saturated heterocycles. The molecule has 4 heteroatoms. The van der Waals surface area contributed by atoms with E-state index in [0.717, 1.165) is 17.4 Å². The van der Waals surface area contributed by atoms with E-state index in [-0.39, 0.29) is 5.97 Å². The molecule has 0 aliphatic heterocycles. The van der Waals surface area contributed by atoms with Gasteiger partial charge in [-0.15, -0.1) is 0 Å². The summed E-state index contributed by atoms with van der Waals surface area (Å²) >= 11 is 3.42. The third kappa shape index (κ3) is 2.31. The Morgan fingerprint density at radius 3 is 3.00 bits per heavy atom. The van der Waals surface area contributed by atoms with Crippen molar-refractivity contribution in [1.29, 1.82) is 0 Å². The van der Waals surface area contributed by atoms with Gasteiger partial charge in [-0.2, -0.15) is 0 Å². The summed E-state index contributed by atoms with van der Waals surface area (Å²) in [5.74, 6) is 0.361. The fraction of sp³-hybridized carbons (Fsp3) is 0.364. The number of carbonyl (C=O) groups excluding carboxylic acids is 1. The maximum absolute atomic E-state index is 11.5. The van der Waals surface area contributed by atoms with E-state index in [9.17, 15) is 4.79 Å². The molecule has 0 spiro atoms. The summed E-state index contributed by atoms with van der Waals surface area (Å²) in [6, 6.07) is 3.63. The molecule has 3 nitrogen and oxygen atoms in total. The third-order valence-electron chi connectivity index (χ3n) is 2.46. The average molecular weight is 270 g/mol. The Morgan fingerprint density at radius 2 is 2.40 bits per heavy atom. The SMILES string of the molecule is C=COC(=O)c1ccc(Br)n1CC1CC1. The molecule has 1 aliphatic rings. The zero-order valence-corrected chi connectivity index (χ0v) is 9.87. The van der Waals surface area contributed by atoms with E-state index in [1.807, 2.05) is 10.6 Å². The third-order valence-corrected chi connectivity index (χ3v) is 3.16. The van der Waals surface area contributed by atoms with Gasteiger partial charge in [0.05, 0.1) is 10.9 Å². The van der Waals surface area contributed by atoms with Crippen molar-refractivity contribution in [3.05, 3.63) is 35.3 Å². The lowest BCUT2D eigenvalue weighted by Gasteiger charge is -2.08. The van der Waals surface area contributed by atoms with Crippen LogP contribution in [0.3, 0.4) is 0 Å². The molecule has 2 rings (SSSR count). The second kappa shape index (κ2) is 4.23. The highest BCUT2D eigenvalue weighted by molar-refractivity contribution is 9.10. The smallest absolute Gasteiger partial charge is 0.359 e. The zero-order valence-electron chi connectivity index (χ0n) is 8.28. The summed E-state index contributed by atoms with van der Waals surface area (Å²) in [4.78, 5) is 11.5. The normalized spacial score (nSPS) is 15.0.